The zero-order valence-electron chi connectivity index (χ0n) is 10.4. The van der Waals surface area contributed by atoms with Gasteiger partial charge in [-0.15, -0.1) is 0 Å². The number of ether oxygens (including phenoxy) is 1. The van der Waals surface area contributed by atoms with Crippen molar-refractivity contribution < 1.29 is 9.53 Å². The number of rotatable bonds is 3. The molecule has 1 aromatic rings. The average molecular weight is 264 g/mol. The maximum Gasteiger partial charge on any atom is 0.252 e. The fraction of sp³-hybridized carbons (Fsp3) is 0.385. The number of carbonyl (C=O) groups is 1. The minimum atomic E-state index is -0.693. The third-order valence-electron chi connectivity index (χ3n) is 2.99. The number of benzene rings is 1. The molecule has 3 N–H and O–H groups in total. The van der Waals surface area contributed by atoms with Crippen molar-refractivity contribution in [2.75, 3.05) is 6.61 Å². The van der Waals surface area contributed by atoms with Crippen LogP contribution in [0.4, 0.5) is 0 Å². The predicted molar refractivity (Wildman–Crippen MR) is 74.0 cm³/mol. The third-order valence-corrected chi connectivity index (χ3v) is 3.50. The fourth-order valence-electron chi connectivity index (χ4n) is 1.75. The summed E-state index contributed by atoms with van der Waals surface area (Å²) in [6, 6.07) is 5.42. The molecule has 0 fully saturated rings. The van der Waals surface area contributed by atoms with Crippen molar-refractivity contribution in [3.8, 4) is 5.75 Å². The van der Waals surface area contributed by atoms with Crippen molar-refractivity contribution in [2.45, 2.75) is 25.8 Å². The van der Waals surface area contributed by atoms with E-state index >= 15 is 0 Å². The maximum absolute atomic E-state index is 12.1. The van der Waals surface area contributed by atoms with Gasteiger partial charge in [-0.05, 0) is 37.6 Å². The van der Waals surface area contributed by atoms with Crippen LogP contribution in [0.5, 0.6) is 5.75 Å². The molecule has 0 unspecified atom stereocenters. The van der Waals surface area contributed by atoms with E-state index in [0.29, 0.717) is 12.2 Å². The first-order valence-electron chi connectivity index (χ1n) is 5.78. The molecule has 0 aromatic heterocycles. The molecule has 5 heteroatoms. The van der Waals surface area contributed by atoms with Crippen LogP contribution in [-0.2, 0) is 6.42 Å². The Bertz CT molecular complexity index is 512. The van der Waals surface area contributed by atoms with E-state index in [1.165, 1.54) is 0 Å². The molecule has 0 saturated carbocycles. The fourth-order valence-corrected chi connectivity index (χ4v) is 1.80. The molecular weight excluding hydrogens is 248 g/mol. The van der Waals surface area contributed by atoms with Gasteiger partial charge in [0, 0.05) is 12.0 Å². The Morgan fingerprint density at radius 2 is 2.22 bits per heavy atom. The monoisotopic (exact) mass is 264 g/mol. The van der Waals surface area contributed by atoms with Gasteiger partial charge in [0.1, 0.15) is 5.75 Å². The molecule has 1 aliphatic rings. The molecule has 1 aliphatic heterocycles. The molecule has 0 radical (unpaired) electrons. The summed E-state index contributed by atoms with van der Waals surface area (Å²) in [6.45, 7) is 4.24. The minimum Gasteiger partial charge on any atom is -0.493 e. The quantitative estimate of drug-likeness (QED) is 0.810. The summed E-state index contributed by atoms with van der Waals surface area (Å²) in [5, 5.41) is 2.82. The molecule has 0 atom stereocenters. The second kappa shape index (κ2) is 4.57. The Balaban J connectivity index is 2.17. The van der Waals surface area contributed by atoms with E-state index in [1.54, 1.807) is 19.9 Å². The molecule has 0 saturated heterocycles. The number of hydrogen-bond acceptors (Lipinski definition) is 3. The zero-order valence-corrected chi connectivity index (χ0v) is 11.3. The highest BCUT2D eigenvalue weighted by Crippen LogP contribution is 2.25. The van der Waals surface area contributed by atoms with Crippen LogP contribution in [0.15, 0.2) is 18.2 Å². The van der Waals surface area contributed by atoms with Gasteiger partial charge in [0.2, 0.25) is 0 Å². The Labute approximate surface area is 112 Å². The van der Waals surface area contributed by atoms with Crippen LogP contribution < -0.4 is 15.8 Å². The number of thiocarbonyl (C=S) groups is 1. The van der Waals surface area contributed by atoms with Crippen molar-refractivity contribution in [2.24, 2.45) is 5.73 Å². The van der Waals surface area contributed by atoms with Crippen LogP contribution in [0.25, 0.3) is 0 Å². The summed E-state index contributed by atoms with van der Waals surface area (Å²) in [6.07, 6.45) is 0.842. The van der Waals surface area contributed by atoms with E-state index < -0.39 is 5.54 Å². The number of nitrogens with one attached hydrogen (secondary N) is 1. The number of carbonyl (C=O) groups excluding carboxylic acids is 1. The summed E-state index contributed by atoms with van der Waals surface area (Å²) in [4.78, 5) is 12.4. The first-order valence-corrected chi connectivity index (χ1v) is 6.19. The van der Waals surface area contributed by atoms with Crippen molar-refractivity contribution in [3.63, 3.8) is 0 Å². The molecular formula is C13H16N2O2S. The number of fused-ring (bicyclic) bond motifs is 1. The second-order valence-corrected chi connectivity index (χ2v) is 5.30. The first kappa shape index (κ1) is 12.8. The van der Waals surface area contributed by atoms with Gasteiger partial charge in [-0.25, -0.2) is 0 Å². The summed E-state index contributed by atoms with van der Waals surface area (Å²) < 4.78 is 5.40. The average Bonchev–Trinajstić information content (AvgIpc) is 2.74. The Morgan fingerprint density at radius 3 is 2.89 bits per heavy atom. The van der Waals surface area contributed by atoms with Gasteiger partial charge >= 0.3 is 0 Å². The van der Waals surface area contributed by atoms with E-state index in [2.05, 4.69) is 5.32 Å². The largest absolute Gasteiger partial charge is 0.493 e. The van der Waals surface area contributed by atoms with E-state index in [0.717, 1.165) is 17.7 Å². The SMILES string of the molecule is CC(C)(NC(=O)c1ccc2c(c1)CCO2)C(N)=S. The standard InChI is InChI=1S/C13H16N2O2S/c1-13(2,12(14)18)15-11(16)9-3-4-10-8(7-9)5-6-17-10/h3-4,7H,5-6H2,1-2H3,(H2,14,18)(H,15,16). The van der Waals surface area contributed by atoms with Crippen LogP contribution >= 0.6 is 12.2 Å². The Hall–Kier alpha value is -1.62. The lowest BCUT2D eigenvalue weighted by molar-refractivity contribution is 0.0932. The lowest BCUT2D eigenvalue weighted by atomic mass is 10.0. The van der Waals surface area contributed by atoms with Gasteiger partial charge in [0.25, 0.3) is 5.91 Å². The lowest BCUT2D eigenvalue weighted by Gasteiger charge is -2.24. The molecule has 0 bridgehead atoms. The minimum absolute atomic E-state index is 0.178. The van der Waals surface area contributed by atoms with E-state index in [-0.39, 0.29) is 10.9 Å². The highest BCUT2D eigenvalue weighted by atomic mass is 32.1. The van der Waals surface area contributed by atoms with E-state index in [9.17, 15) is 4.79 Å². The van der Waals surface area contributed by atoms with Crippen LogP contribution in [0.1, 0.15) is 29.8 Å². The highest BCUT2D eigenvalue weighted by Gasteiger charge is 2.25. The third kappa shape index (κ3) is 2.46. The molecule has 18 heavy (non-hydrogen) atoms. The number of nitrogens with two attached hydrogens (primary N) is 1. The maximum atomic E-state index is 12.1. The van der Waals surface area contributed by atoms with Crippen molar-refractivity contribution in [1.82, 2.24) is 5.32 Å². The first-order chi connectivity index (χ1) is 8.40. The molecule has 1 amide bonds. The second-order valence-electron chi connectivity index (χ2n) is 4.86. The van der Waals surface area contributed by atoms with E-state index in [4.69, 9.17) is 22.7 Å². The van der Waals surface area contributed by atoms with Gasteiger partial charge in [0.05, 0.1) is 17.1 Å². The Kier molecular flexibility index (Phi) is 3.26. The number of amides is 1. The molecule has 1 aromatic carbocycles. The summed E-state index contributed by atoms with van der Waals surface area (Å²) >= 11 is 4.92. The zero-order chi connectivity index (χ0) is 13.3. The van der Waals surface area contributed by atoms with Gasteiger partial charge in [0.15, 0.2) is 0 Å². The number of hydrogen-bond donors (Lipinski definition) is 2. The van der Waals surface area contributed by atoms with Crippen LogP contribution in [0, 0.1) is 0 Å². The molecule has 96 valence electrons. The summed E-state index contributed by atoms with van der Waals surface area (Å²) in [7, 11) is 0. The predicted octanol–water partition coefficient (Wildman–Crippen LogP) is 1.42. The molecule has 4 nitrogen and oxygen atoms in total. The molecule has 0 spiro atoms. The van der Waals surface area contributed by atoms with Crippen molar-refractivity contribution in [3.05, 3.63) is 29.3 Å². The van der Waals surface area contributed by atoms with Gasteiger partial charge in [-0.2, -0.15) is 0 Å². The molecule has 2 rings (SSSR count). The molecule has 0 aliphatic carbocycles. The van der Waals surface area contributed by atoms with Crippen molar-refractivity contribution >= 4 is 23.1 Å². The summed E-state index contributed by atoms with van der Waals surface area (Å²) in [5.41, 5.74) is 6.56. The highest BCUT2D eigenvalue weighted by molar-refractivity contribution is 7.80. The van der Waals surface area contributed by atoms with Gasteiger partial charge in [-0.1, -0.05) is 12.2 Å². The topological polar surface area (TPSA) is 64.3 Å². The van der Waals surface area contributed by atoms with Crippen molar-refractivity contribution in [1.29, 1.82) is 0 Å². The normalized spacial score (nSPS) is 13.7. The lowest BCUT2D eigenvalue weighted by Crippen LogP contribution is -2.52. The van der Waals surface area contributed by atoms with E-state index in [1.807, 2.05) is 12.1 Å². The molecule has 1 heterocycles. The smallest absolute Gasteiger partial charge is 0.252 e. The Morgan fingerprint density at radius 1 is 1.50 bits per heavy atom. The summed E-state index contributed by atoms with van der Waals surface area (Å²) in [5.74, 6) is 0.683. The van der Waals surface area contributed by atoms with Crippen LogP contribution in [0.2, 0.25) is 0 Å². The van der Waals surface area contributed by atoms with Gasteiger partial charge in [-0.3, -0.25) is 4.79 Å². The van der Waals surface area contributed by atoms with Crippen LogP contribution in [-0.4, -0.2) is 23.0 Å². The van der Waals surface area contributed by atoms with Crippen LogP contribution in [0.3, 0.4) is 0 Å². The van der Waals surface area contributed by atoms with Gasteiger partial charge < -0.3 is 15.8 Å².